The Morgan fingerprint density at radius 1 is 1.24 bits per heavy atom. The van der Waals surface area contributed by atoms with Crippen LogP contribution in [0.1, 0.15) is 32.7 Å². The molecule has 1 fully saturated rings. The summed E-state index contributed by atoms with van der Waals surface area (Å²) in [5.41, 5.74) is 3.29. The van der Waals surface area contributed by atoms with Crippen LogP contribution in [0.2, 0.25) is 0 Å². The number of hydrogen-bond acceptors (Lipinski definition) is 2. The van der Waals surface area contributed by atoms with E-state index in [2.05, 4.69) is 15.6 Å². The number of piperidine rings is 1. The number of carbonyl (C=O) groups is 1. The third kappa shape index (κ3) is 2.84. The quantitative estimate of drug-likeness (QED) is 0.794. The smallest absolute Gasteiger partial charge is 0.246 e. The zero-order valence-electron chi connectivity index (χ0n) is 12.6. The lowest BCUT2D eigenvalue weighted by atomic mass is 10.0. The predicted molar refractivity (Wildman–Crippen MR) is 84.0 cm³/mol. The Morgan fingerprint density at radius 2 is 1.95 bits per heavy atom. The van der Waals surface area contributed by atoms with E-state index in [1.54, 1.807) is 6.08 Å². The zero-order valence-corrected chi connectivity index (χ0v) is 12.6. The Kier molecular flexibility index (Phi) is 3.78. The monoisotopic (exact) mass is 283 g/mol. The Labute approximate surface area is 125 Å². The van der Waals surface area contributed by atoms with E-state index in [1.165, 1.54) is 5.52 Å². The summed E-state index contributed by atoms with van der Waals surface area (Å²) in [4.78, 5) is 18.5. The molecule has 0 N–H and O–H groups in total. The van der Waals surface area contributed by atoms with E-state index in [0.717, 1.165) is 37.0 Å². The van der Waals surface area contributed by atoms with Crippen LogP contribution in [0.5, 0.6) is 0 Å². The van der Waals surface area contributed by atoms with Crippen molar-refractivity contribution in [1.29, 1.82) is 0 Å². The maximum atomic E-state index is 12.0. The minimum absolute atomic E-state index is 0.143. The Balaban J connectivity index is 1.71. The molecule has 1 amide bonds. The molecule has 0 radical (unpaired) electrons. The average molecular weight is 283 g/mol. The van der Waals surface area contributed by atoms with Crippen LogP contribution >= 0.6 is 0 Å². The molecule has 0 atom stereocenters. The van der Waals surface area contributed by atoms with Crippen molar-refractivity contribution >= 4 is 16.9 Å². The highest BCUT2D eigenvalue weighted by Gasteiger charge is 2.23. The fraction of sp³-hybridized carbons (Fsp3) is 0.412. The average Bonchev–Trinajstić information content (AvgIpc) is 2.90. The van der Waals surface area contributed by atoms with Gasteiger partial charge >= 0.3 is 0 Å². The van der Waals surface area contributed by atoms with Gasteiger partial charge < -0.3 is 9.47 Å². The van der Waals surface area contributed by atoms with Crippen molar-refractivity contribution in [3.05, 3.63) is 42.2 Å². The lowest BCUT2D eigenvalue weighted by Crippen LogP contribution is -2.38. The first-order valence-electron chi connectivity index (χ1n) is 7.50. The van der Waals surface area contributed by atoms with Crippen molar-refractivity contribution in [2.75, 3.05) is 13.1 Å². The van der Waals surface area contributed by atoms with Crippen LogP contribution in [0.3, 0.4) is 0 Å². The summed E-state index contributed by atoms with van der Waals surface area (Å²) in [5, 5.41) is 0. The molecule has 0 bridgehead atoms. The summed E-state index contributed by atoms with van der Waals surface area (Å²) in [6.45, 7) is 5.56. The first-order valence-corrected chi connectivity index (χ1v) is 7.50. The number of aromatic nitrogens is 2. The van der Waals surface area contributed by atoms with Crippen molar-refractivity contribution in [1.82, 2.24) is 14.5 Å². The number of benzene rings is 1. The number of nitrogens with zero attached hydrogens (tertiary/aromatic N) is 3. The van der Waals surface area contributed by atoms with Crippen molar-refractivity contribution < 1.29 is 4.79 Å². The molecule has 1 aromatic heterocycles. The number of rotatable bonds is 2. The minimum atomic E-state index is 0.143. The first kappa shape index (κ1) is 13.9. The molecule has 21 heavy (non-hydrogen) atoms. The lowest BCUT2D eigenvalue weighted by Gasteiger charge is -2.32. The van der Waals surface area contributed by atoms with Crippen LogP contribution in [0.25, 0.3) is 11.0 Å². The molecule has 1 aliphatic rings. The largest absolute Gasteiger partial charge is 0.339 e. The number of likely N-dealkylation sites (tertiary alicyclic amines) is 1. The van der Waals surface area contributed by atoms with E-state index >= 15 is 0 Å². The van der Waals surface area contributed by atoms with Gasteiger partial charge in [0.05, 0.1) is 17.4 Å². The fourth-order valence-corrected chi connectivity index (χ4v) is 2.97. The number of allylic oxidation sites excluding steroid dienone is 1. The number of fused-ring (bicyclic) bond motifs is 1. The van der Waals surface area contributed by atoms with Gasteiger partial charge in [-0.05, 0) is 38.8 Å². The number of hydrogen-bond donors (Lipinski definition) is 0. The van der Waals surface area contributed by atoms with E-state index in [0.29, 0.717) is 6.04 Å². The maximum absolute atomic E-state index is 12.0. The van der Waals surface area contributed by atoms with Gasteiger partial charge in [0.1, 0.15) is 0 Å². The van der Waals surface area contributed by atoms with E-state index in [1.807, 2.05) is 43.3 Å². The molecule has 1 saturated heterocycles. The van der Waals surface area contributed by atoms with Crippen LogP contribution in [0.15, 0.2) is 42.2 Å². The van der Waals surface area contributed by atoms with Gasteiger partial charge in [-0.2, -0.15) is 0 Å². The Hall–Kier alpha value is -2.10. The van der Waals surface area contributed by atoms with Gasteiger partial charge in [0.2, 0.25) is 5.91 Å². The van der Waals surface area contributed by atoms with Crippen molar-refractivity contribution in [3.63, 3.8) is 0 Å². The lowest BCUT2D eigenvalue weighted by molar-refractivity contribution is -0.127. The molecule has 0 unspecified atom stereocenters. The van der Waals surface area contributed by atoms with Gasteiger partial charge in [0.25, 0.3) is 0 Å². The Bertz CT molecular complexity index is 674. The third-order valence-electron chi connectivity index (χ3n) is 4.06. The van der Waals surface area contributed by atoms with Gasteiger partial charge in [-0.1, -0.05) is 17.7 Å². The summed E-state index contributed by atoms with van der Waals surface area (Å²) >= 11 is 0. The SMILES string of the molecule is CC(C)=CC(=O)N1CCC(n2cnc3ccccc32)CC1. The predicted octanol–water partition coefficient (Wildman–Crippen LogP) is 3.17. The molecule has 0 spiro atoms. The van der Waals surface area contributed by atoms with Crippen LogP contribution in [0.4, 0.5) is 0 Å². The van der Waals surface area contributed by atoms with Crippen LogP contribution in [-0.2, 0) is 4.79 Å². The molecular weight excluding hydrogens is 262 g/mol. The molecule has 110 valence electrons. The molecule has 1 aromatic carbocycles. The maximum Gasteiger partial charge on any atom is 0.246 e. The minimum Gasteiger partial charge on any atom is -0.339 e. The van der Waals surface area contributed by atoms with E-state index in [-0.39, 0.29) is 5.91 Å². The van der Waals surface area contributed by atoms with Crippen molar-refractivity contribution in [3.8, 4) is 0 Å². The number of imidazole rings is 1. The second kappa shape index (κ2) is 5.72. The second-order valence-electron chi connectivity index (χ2n) is 5.92. The highest BCUT2D eigenvalue weighted by molar-refractivity contribution is 5.88. The number of amides is 1. The van der Waals surface area contributed by atoms with Gasteiger partial charge in [0.15, 0.2) is 0 Å². The topological polar surface area (TPSA) is 38.1 Å². The molecule has 2 aromatic rings. The standard InChI is InChI=1S/C17H21N3O/c1-13(2)11-17(21)19-9-7-14(8-10-19)20-12-18-15-5-3-4-6-16(15)20/h3-6,11-12,14H,7-10H2,1-2H3. The molecule has 1 aliphatic heterocycles. The summed E-state index contributed by atoms with van der Waals surface area (Å²) in [6, 6.07) is 8.66. The van der Waals surface area contributed by atoms with Gasteiger partial charge in [0, 0.05) is 25.2 Å². The normalized spacial score (nSPS) is 16.2. The molecule has 0 aliphatic carbocycles. The zero-order chi connectivity index (χ0) is 14.8. The summed E-state index contributed by atoms with van der Waals surface area (Å²) in [7, 11) is 0. The highest BCUT2D eigenvalue weighted by atomic mass is 16.2. The van der Waals surface area contributed by atoms with Gasteiger partial charge in [-0.15, -0.1) is 0 Å². The molecule has 3 rings (SSSR count). The number of para-hydroxylation sites is 2. The number of carbonyl (C=O) groups excluding carboxylic acids is 1. The van der Waals surface area contributed by atoms with Gasteiger partial charge in [-0.25, -0.2) is 4.98 Å². The summed E-state index contributed by atoms with van der Waals surface area (Å²) in [6.07, 6.45) is 5.64. The summed E-state index contributed by atoms with van der Waals surface area (Å²) in [5.74, 6) is 0.143. The second-order valence-corrected chi connectivity index (χ2v) is 5.92. The molecular formula is C17H21N3O. The Morgan fingerprint density at radius 3 is 2.67 bits per heavy atom. The van der Waals surface area contributed by atoms with E-state index in [9.17, 15) is 4.79 Å². The van der Waals surface area contributed by atoms with Crippen LogP contribution < -0.4 is 0 Å². The molecule has 4 nitrogen and oxygen atoms in total. The van der Waals surface area contributed by atoms with Gasteiger partial charge in [-0.3, -0.25) is 4.79 Å². The third-order valence-corrected chi connectivity index (χ3v) is 4.06. The molecule has 0 saturated carbocycles. The van der Waals surface area contributed by atoms with Crippen molar-refractivity contribution in [2.24, 2.45) is 0 Å². The summed E-state index contributed by atoms with van der Waals surface area (Å²) < 4.78 is 2.26. The molecule has 4 heteroatoms. The molecule has 2 heterocycles. The highest BCUT2D eigenvalue weighted by Crippen LogP contribution is 2.26. The van der Waals surface area contributed by atoms with Crippen LogP contribution in [0, 0.1) is 0 Å². The van der Waals surface area contributed by atoms with E-state index < -0.39 is 0 Å². The first-order chi connectivity index (χ1) is 10.1. The van der Waals surface area contributed by atoms with E-state index in [4.69, 9.17) is 0 Å². The fourth-order valence-electron chi connectivity index (χ4n) is 2.97. The van der Waals surface area contributed by atoms with Crippen molar-refractivity contribution in [2.45, 2.75) is 32.7 Å². The van der Waals surface area contributed by atoms with Crippen LogP contribution in [-0.4, -0.2) is 33.4 Å².